The van der Waals surface area contributed by atoms with Crippen molar-refractivity contribution in [3.63, 3.8) is 0 Å². The molecule has 1 aliphatic rings. The van der Waals surface area contributed by atoms with Gasteiger partial charge in [-0.15, -0.1) is 0 Å². The van der Waals surface area contributed by atoms with Gasteiger partial charge in [-0.05, 0) is 29.9 Å². The molecule has 0 saturated heterocycles. The molecule has 1 atom stereocenters. The highest BCUT2D eigenvalue weighted by atomic mass is 79.9. The molecular formula is C12H14BrCl2NO2S. The summed E-state index contributed by atoms with van der Waals surface area (Å²) in [4.78, 5) is -0.0579. The summed E-state index contributed by atoms with van der Waals surface area (Å²) in [7, 11) is -3.68. The minimum absolute atomic E-state index is 0.0579. The highest BCUT2D eigenvalue weighted by Crippen LogP contribution is 2.51. The summed E-state index contributed by atoms with van der Waals surface area (Å²) in [5.41, 5.74) is 0.218. The Kier molecular flexibility index (Phi) is 4.25. The molecule has 1 aromatic carbocycles. The van der Waals surface area contributed by atoms with Crippen LogP contribution in [0.5, 0.6) is 0 Å². The lowest BCUT2D eigenvalue weighted by molar-refractivity contribution is 0.537. The van der Waals surface area contributed by atoms with Crippen LogP contribution >= 0.6 is 39.1 Å². The lowest BCUT2D eigenvalue weighted by Gasteiger charge is -2.11. The molecule has 1 N–H and O–H groups in total. The SMILES string of the molecule is CC1(C)CC1CNS(=O)(=O)c1c(Cl)cc(Br)cc1Cl. The normalized spacial score (nSPS) is 21.4. The Morgan fingerprint density at radius 2 is 1.84 bits per heavy atom. The first-order valence-electron chi connectivity index (χ1n) is 5.78. The Morgan fingerprint density at radius 3 is 2.26 bits per heavy atom. The molecular weight excluding hydrogens is 373 g/mol. The van der Waals surface area contributed by atoms with Gasteiger partial charge in [0, 0.05) is 11.0 Å². The van der Waals surface area contributed by atoms with Crippen molar-refractivity contribution in [1.29, 1.82) is 0 Å². The summed E-state index contributed by atoms with van der Waals surface area (Å²) in [6.45, 7) is 4.65. The molecule has 1 aromatic rings. The maximum absolute atomic E-state index is 12.2. The topological polar surface area (TPSA) is 46.2 Å². The highest BCUT2D eigenvalue weighted by Gasteiger charge is 2.45. The van der Waals surface area contributed by atoms with Crippen LogP contribution < -0.4 is 4.72 Å². The summed E-state index contributed by atoms with van der Waals surface area (Å²) in [5, 5.41) is 0.226. The van der Waals surface area contributed by atoms with Crippen molar-refractivity contribution in [2.24, 2.45) is 11.3 Å². The van der Waals surface area contributed by atoms with Gasteiger partial charge in [0.05, 0.1) is 10.0 Å². The van der Waals surface area contributed by atoms with Crippen LogP contribution in [-0.4, -0.2) is 15.0 Å². The summed E-state index contributed by atoms with van der Waals surface area (Å²) in [6, 6.07) is 3.03. The molecule has 1 aliphatic carbocycles. The minimum atomic E-state index is -3.68. The second-order valence-electron chi connectivity index (χ2n) is 5.44. The Labute approximate surface area is 131 Å². The Bertz CT molecular complexity index is 593. The van der Waals surface area contributed by atoms with Gasteiger partial charge >= 0.3 is 0 Å². The first-order valence-corrected chi connectivity index (χ1v) is 8.81. The van der Waals surface area contributed by atoms with Gasteiger partial charge in [-0.2, -0.15) is 0 Å². The zero-order valence-electron chi connectivity index (χ0n) is 10.5. The second-order valence-corrected chi connectivity index (χ2v) is 8.87. The number of hydrogen-bond acceptors (Lipinski definition) is 2. The fourth-order valence-electron chi connectivity index (χ4n) is 1.99. The predicted molar refractivity (Wildman–Crippen MR) is 81.2 cm³/mol. The largest absolute Gasteiger partial charge is 0.243 e. The maximum atomic E-state index is 12.2. The van der Waals surface area contributed by atoms with Crippen LogP contribution in [0.15, 0.2) is 21.5 Å². The van der Waals surface area contributed by atoms with Gasteiger partial charge in [0.25, 0.3) is 0 Å². The quantitative estimate of drug-likeness (QED) is 0.847. The third-order valence-corrected chi connectivity index (χ3v) is 6.27. The summed E-state index contributed by atoms with van der Waals surface area (Å²) in [5.74, 6) is 0.371. The fourth-order valence-corrected chi connectivity index (χ4v) is 5.01. The van der Waals surface area contributed by atoms with E-state index in [4.69, 9.17) is 23.2 Å². The van der Waals surface area contributed by atoms with Gasteiger partial charge in [0.1, 0.15) is 4.90 Å². The van der Waals surface area contributed by atoms with Crippen LogP contribution in [0.4, 0.5) is 0 Å². The Hall–Kier alpha value is 0.190. The maximum Gasteiger partial charge on any atom is 0.243 e. The zero-order chi connectivity index (χ0) is 14.4. The molecule has 7 heteroatoms. The zero-order valence-corrected chi connectivity index (χ0v) is 14.4. The molecule has 19 heavy (non-hydrogen) atoms. The summed E-state index contributed by atoms with van der Waals surface area (Å²) >= 11 is 15.2. The predicted octanol–water partition coefficient (Wildman–Crippen LogP) is 4.08. The molecule has 0 radical (unpaired) electrons. The van der Waals surface area contributed by atoms with E-state index in [2.05, 4.69) is 34.5 Å². The molecule has 0 bridgehead atoms. The molecule has 2 rings (SSSR count). The minimum Gasteiger partial charge on any atom is -0.211 e. The van der Waals surface area contributed by atoms with Crippen LogP contribution in [0, 0.1) is 11.3 Å². The molecule has 0 aromatic heterocycles. The van der Waals surface area contributed by atoms with E-state index in [9.17, 15) is 8.42 Å². The Morgan fingerprint density at radius 1 is 1.37 bits per heavy atom. The van der Waals surface area contributed by atoms with Crippen molar-refractivity contribution in [2.75, 3.05) is 6.54 Å². The molecule has 106 valence electrons. The lowest BCUT2D eigenvalue weighted by Crippen LogP contribution is -2.27. The van der Waals surface area contributed by atoms with Crippen molar-refractivity contribution in [3.05, 3.63) is 26.7 Å². The van der Waals surface area contributed by atoms with Crippen molar-refractivity contribution >= 4 is 49.2 Å². The molecule has 0 heterocycles. The summed E-state index contributed by atoms with van der Waals surface area (Å²) in [6.07, 6.45) is 1.03. The smallest absolute Gasteiger partial charge is 0.211 e. The fraction of sp³-hybridized carbons (Fsp3) is 0.500. The monoisotopic (exact) mass is 385 g/mol. The van der Waals surface area contributed by atoms with Gasteiger partial charge in [-0.25, -0.2) is 13.1 Å². The van der Waals surface area contributed by atoms with E-state index in [1.54, 1.807) is 0 Å². The number of benzene rings is 1. The van der Waals surface area contributed by atoms with Gasteiger partial charge in [0.15, 0.2) is 0 Å². The van der Waals surface area contributed by atoms with E-state index in [-0.39, 0.29) is 20.4 Å². The number of hydrogen-bond donors (Lipinski definition) is 1. The van der Waals surface area contributed by atoms with E-state index >= 15 is 0 Å². The third-order valence-electron chi connectivity index (χ3n) is 3.47. The van der Waals surface area contributed by atoms with Crippen LogP contribution in [-0.2, 0) is 10.0 Å². The Balaban J connectivity index is 2.20. The third kappa shape index (κ3) is 3.45. The second kappa shape index (κ2) is 5.19. The van der Waals surface area contributed by atoms with Crippen LogP contribution in [0.25, 0.3) is 0 Å². The average Bonchev–Trinajstić information content (AvgIpc) is 2.81. The molecule has 0 amide bonds. The molecule has 1 unspecified atom stereocenters. The van der Waals surface area contributed by atoms with E-state index in [0.717, 1.165) is 6.42 Å². The van der Waals surface area contributed by atoms with Crippen LogP contribution in [0.3, 0.4) is 0 Å². The lowest BCUT2D eigenvalue weighted by atomic mass is 10.1. The van der Waals surface area contributed by atoms with Gasteiger partial charge in [-0.3, -0.25) is 0 Å². The number of halogens is 3. The molecule has 0 spiro atoms. The van der Waals surface area contributed by atoms with E-state index in [0.29, 0.717) is 16.9 Å². The standard InChI is InChI=1S/C12H14BrCl2NO2S/c1-12(2)5-7(12)6-16-19(17,18)11-9(14)3-8(13)4-10(11)15/h3-4,7,16H,5-6H2,1-2H3. The van der Waals surface area contributed by atoms with Gasteiger partial charge in [0.2, 0.25) is 10.0 Å². The van der Waals surface area contributed by atoms with Crippen molar-refractivity contribution in [3.8, 4) is 0 Å². The molecule has 3 nitrogen and oxygen atoms in total. The van der Waals surface area contributed by atoms with E-state index < -0.39 is 10.0 Å². The van der Waals surface area contributed by atoms with Crippen LogP contribution in [0.2, 0.25) is 10.0 Å². The number of nitrogens with one attached hydrogen (secondary N) is 1. The summed E-state index contributed by atoms with van der Waals surface area (Å²) < 4.78 is 27.7. The van der Waals surface area contributed by atoms with Gasteiger partial charge in [-0.1, -0.05) is 53.0 Å². The van der Waals surface area contributed by atoms with Gasteiger partial charge < -0.3 is 0 Å². The highest BCUT2D eigenvalue weighted by molar-refractivity contribution is 9.10. The first kappa shape index (κ1) is 15.6. The number of sulfonamides is 1. The molecule has 1 fully saturated rings. The average molecular weight is 387 g/mol. The molecule has 1 saturated carbocycles. The number of rotatable bonds is 4. The van der Waals surface area contributed by atoms with Crippen LogP contribution in [0.1, 0.15) is 20.3 Å². The first-order chi connectivity index (χ1) is 8.63. The van der Waals surface area contributed by atoms with Crippen molar-refractivity contribution in [1.82, 2.24) is 4.72 Å². The van der Waals surface area contributed by atoms with Crippen molar-refractivity contribution in [2.45, 2.75) is 25.2 Å². The molecule has 0 aliphatic heterocycles. The van der Waals surface area contributed by atoms with E-state index in [1.165, 1.54) is 12.1 Å². The van der Waals surface area contributed by atoms with E-state index in [1.807, 2.05) is 0 Å². The van der Waals surface area contributed by atoms with Crippen molar-refractivity contribution < 1.29 is 8.42 Å².